The van der Waals surface area contributed by atoms with Gasteiger partial charge in [-0.2, -0.15) is 0 Å². The minimum absolute atomic E-state index is 0.276. The highest BCUT2D eigenvalue weighted by molar-refractivity contribution is 7.94. The fraction of sp³-hybridized carbons (Fsp3) is 0.0556. The molecule has 2 aromatic carbocycles. The summed E-state index contributed by atoms with van der Waals surface area (Å²) in [6.45, 7) is 0. The van der Waals surface area contributed by atoms with Gasteiger partial charge in [0.1, 0.15) is 10.6 Å². The van der Waals surface area contributed by atoms with Crippen LogP contribution in [0.25, 0.3) is 16.2 Å². The van der Waals surface area contributed by atoms with Crippen molar-refractivity contribution in [2.45, 2.75) is 4.90 Å². The molecule has 3 aromatic rings. The highest BCUT2D eigenvalue weighted by Gasteiger charge is 2.17. The van der Waals surface area contributed by atoms with Crippen molar-refractivity contribution in [3.63, 3.8) is 0 Å². The van der Waals surface area contributed by atoms with Crippen LogP contribution >= 0.6 is 34.5 Å². The maximum Gasteiger partial charge on any atom is 0.251 e. The third-order valence-corrected chi connectivity index (χ3v) is 6.69. The van der Waals surface area contributed by atoms with Crippen LogP contribution < -0.4 is 9.48 Å². The van der Waals surface area contributed by atoms with Crippen LogP contribution in [-0.2, 0) is 9.84 Å². The third kappa shape index (κ3) is 3.94. The molecular formula is C18H12Cl2O4S2. The number of sulfone groups is 1. The molecule has 0 saturated heterocycles. The Kier molecular flexibility index (Phi) is 5.39. The first-order valence-electron chi connectivity index (χ1n) is 7.30. The highest BCUT2D eigenvalue weighted by Crippen LogP contribution is 2.26. The predicted molar refractivity (Wildman–Crippen MR) is 107 cm³/mol. The zero-order valence-corrected chi connectivity index (χ0v) is 16.5. The Balaban J connectivity index is 2.05. The molecule has 8 heteroatoms. The van der Waals surface area contributed by atoms with E-state index < -0.39 is 14.6 Å². The van der Waals surface area contributed by atoms with E-state index in [1.807, 2.05) is 0 Å². The summed E-state index contributed by atoms with van der Waals surface area (Å²) in [7, 11) is -2.41. The fourth-order valence-corrected chi connectivity index (χ4v) is 4.99. The summed E-state index contributed by atoms with van der Waals surface area (Å²) in [6.07, 6.45) is 1.34. The number of fused-ring (bicyclic) bond motifs is 1. The van der Waals surface area contributed by atoms with Gasteiger partial charge in [-0.3, -0.25) is 4.79 Å². The van der Waals surface area contributed by atoms with Crippen LogP contribution in [0.1, 0.15) is 5.56 Å². The molecule has 0 aliphatic carbocycles. The van der Waals surface area contributed by atoms with Crippen LogP contribution in [0.15, 0.2) is 57.6 Å². The van der Waals surface area contributed by atoms with E-state index in [2.05, 4.69) is 0 Å². The zero-order chi connectivity index (χ0) is 18.9. The molecule has 4 nitrogen and oxygen atoms in total. The second-order valence-corrected chi connectivity index (χ2v) is 8.98. The largest absolute Gasteiger partial charge is 0.497 e. The summed E-state index contributed by atoms with van der Waals surface area (Å²) in [5.74, 6) is 0.598. The predicted octanol–water partition coefficient (Wildman–Crippen LogP) is 5.02. The molecule has 0 fully saturated rings. The molecule has 1 aromatic heterocycles. The van der Waals surface area contributed by atoms with Crippen LogP contribution in [0.2, 0.25) is 10.0 Å². The van der Waals surface area contributed by atoms with E-state index in [-0.39, 0.29) is 4.90 Å². The normalized spacial score (nSPS) is 12.0. The topological polar surface area (TPSA) is 60.4 Å². The maximum atomic E-state index is 12.6. The Hall–Kier alpha value is -1.86. The third-order valence-electron chi connectivity index (χ3n) is 3.61. The van der Waals surface area contributed by atoms with Crippen LogP contribution in [0.3, 0.4) is 0 Å². The van der Waals surface area contributed by atoms with Gasteiger partial charge in [0.2, 0.25) is 9.84 Å². The maximum absolute atomic E-state index is 12.6. The van der Waals surface area contributed by atoms with Gasteiger partial charge in [-0.1, -0.05) is 40.6 Å². The Labute approximate surface area is 164 Å². The van der Waals surface area contributed by atoms with E-state index in [4.69, 9.17) is 27.9 Å². The summed E-state index contributed by atoms with van der Waals surface area (Å²) < 4.78 is 30.4. The van der Waals surface area contributed by atoms with Gasteiger partial charge in [-0.25, -0.2) is 8.42 Å². The molecule has 3 rings (SSSR count). The van der Waals surface area contributed by atoms with Gasteiger partial charge in [0.25, 0.3) is 4.74 Å². The molecule has 0 aliphatic rings. The molecule has 0 aliphatic heterocycles. The van der Waals surface area contributed by atoms with Crippen molar-refractivity contribution in [1.82, 2.24) is 0 Å². The van der Waals surface area contributed by atoms with Crippen molar-refractivity contribution in [1.29, 1.82) is 0 Å². The minimum atomic E-state index is -3.93. The van der Waals surface area contributed by atoms with Crippen LogP contribution in [0.5, 0.6) is 5.75 Å². The lowest BCUT2D eigenvalue weighted by atomic mass is 10.2. The van der Waals surface area contributed by atoms with Crippen molar-refractivity contribution in [3.05, 3.63) is 73.0 Å². The first kappa shape index (κ1) is 18.9. The summed E-state index contributed by atoms with van der Waals surface area (Å²) in [6, 6.07) is 11.2. The Morgan fingerprint density at radius 1 is 1.08 bits per heavy atom. The minimum Gasteiger partial charge on any atom is -0.497 e. The number of benzene rings is 2. The van der Waals surface area contributed by atoms with Crippen LogP contribution in [0, 0.1) is 0 Å². The lowest BCUT2D eigenvalue weighted by Crippen LogP contribution is -2.09. The van der Waals surface area contributed by atoms with Crippen molar-refractivity contribution in [3.8, 4) is 5.75 Å². The van der Waals surface area contributed by atoms with Crippen molar-refractivity contribution in [2.24, 2.45) is 0 Å². The smallest absolute Gasteiger partial charge is 0.251 e. The monoisotopic (exact) mass is 426 g/mol. The van der Waals surface area contributed by atoms with E-state index in [0.29, 0.717) is 31.4 Å². The second-order valence-electron chi connectivity index (χ2n) is 5.32. The van der Waals surface area contributed by atoms with E-state index in [9.17, 15) is 13.2 Å². The van der Waals surface area contributed by atoms with Crippen molar-refractivity contribution < 1.29 is 13.2 Å². The number of rotatable bonds is 4. The van der Waals surface area contributed by atoms with Gasteiger partial charge < -0.3 is 4.74 Å². The van der Waals surface area contributed by atoms with Gasteiger partial charge in [0.05, 0.1) is 7.11 Å². The second kappa shape index (κ2) is 7.40. The Morgan fingerprint density at radius 2 is 1.85 bits per heavy atom. The first-order valence-corrected chi connectivity index (χ1v) is 10.4. The molecule has 0 saturated carbocycles. The molecule has 0 atom stereocenters. The average molecular weight is 427 g/mol. The number of methoxy groups -OCH3 is 1. The summed E-state index contributed by atoms with van der Waals surface area (Å²) in [5.41, 5.74) is 0.487. The average Bonchev–Trinajstić information content (AvgIpc) is 2.59. The summed E-state index contributed by atoms with van der Waals surface area (Å²) >= 11 is 12.7. The highest BCUT2D eigenvalue weighted by atomic mass is 35.5. The van der Waals surface area contributed by atoms with E-state index in [1.165, 1.54) is 25.3 Å². The molecule has 134 valence electrons. The van der Waals surface area contributed by atoms with Gasteiger partial charge in [0.15, 0.2) is 0 Å². The molecular weight excluding hydrogens is 415 g/mol. The first-order chi connectivity index (χ1) is 12.3. The van der Waals surface area contributed by atoms with Gasteiger partial charge in [0, 0.05) is 20.2 Å². The number of halogens is 2. The SMILES string of the molecule is COc1ccc2cc(S(=O)(=O)C=Cc3ccc(Cl)cc3Cl)c(=O)sc2c1. The molecule has 0 bridgehead atoms. The van der Waals surface area contributed by atoms with Crippen LogP contribution in [-0.4, -0.2) is 15.5 Å². The zero-order valence-electron chi connectivity index (χ0n) is 13.4. The number of hydrogen-bond donors (Lipinski definition) is 0. The lowest BCUT2D eigenvalue weighted by Gasteiger charge is -2.04. The Morgan fingerprint density at radius 3 is 2.54 bits per heavy atom. The fourth-order valence-electron chi connectivity index (χ4n) is 2.27. The van der Waals surface area contributed by atoms with E-state index >= 15 is 0 Å². The van der Waals surface area contributed by atoms with Crippen molar-refractivity contribution >= 4 is 60.5 Å². The van der Waals surface area contributed by atoms with Crippen LogP contribution in [0.4, 0.5) is 0 Å². The Bertz CT molecular complexity index is 1180. The summed E-state index contributed by atoms with van der Waals surface area (Å²) in [4.78, 5) is 12.0. The molecule has 0 N–H and O–H groups in total. The number of hydrogen-bond acceptors (Lipinski definition) is 5. The molecule has 0 radical (unpaired) electrons. The van der Waals surface area contributed by atoms with Crippen molar-refractivity contribution in [2.75, 3.05) is 7.11 Å². The summed E-state index contributed by atoms with van der Waals surface area (Å²) in [5, 5.41) is 2.39. The molecule has 0 amide bonds. The van der Waals surface area contributed by atoms with Gasteiger partial charge >= 0.3 is 0 Å². The van der Waals surface area contributed by atoms with Gasteiger partial charge in [-0.15, -0.1) is 0 Å². The van der Waals surface area contributed by atoms with E-state index in [1.54, 1.807) is 30.3 Å². The molecule has 0 unspecified atom stereocenters. The standard InChI is InChI=1S/C18H12Cl2O4S2/c1-24-14-5-3-12-8-17(18(21)25-16(12)10-14)26(22,23)7-6-11-2-4-13(19)9-15(11)20/h2-10H,1H3. The molecule has 1 heterocycles. The number of ether oxygens (including phenoxy) is 1. The molecule has 0 spiro atoms. The molecule has 26 heavy (non-hydrogen) atoms. The lowest BCUT2D eigenvalue weighted by molar-refractivity contribution is 0.415. The van der Waals surface area contributed by atoms with E-state index in [0.717, 1.165) is 16.7 Å². The van der Waals surface area contributed by atoms with Gasteiger partial charge in [-0.05, 0) is 53.4 Å². The quantitative estimate of drug-likeness (QED) is 0.587.